The highest BCUT2D eigenvalue weighted by Gasteiger charge is 2.39. The maximum atomic E-state index is 13.3. The molecule has 0 radical (unpaired) electrons. The summed E-state index contributed by atoms with van der Waals surface area (Å²) in [6, 6.07) is 9.24. The normalized spacial score (nSPS) is 14.5. The standard InChI is InChI=1S/C18H13Cl2FN2O2/c1-9-3-6-14(10(2)7-9)23-17(24)15(20)16(18(23)25)22-11-4-5-13(21)12(19)8-11/h3-8,22H,1-2H3. The number of amides is 2. The molecule has 1 aliphatic rings. The smallest absolute Gasteiger partial charge is 0.283 e. The zero-order valence-corrected chi connectivity index (χ0v) is 14.9. The van der Waals surface area contributed by atoms with Crippen LogP contribution in [-0.4, -0.2) is 11.8 Å². The number of benzene rings is 2. The molecule has 0 saturated carbocycles. The molecule has 0 bridgehead atoms. The molecule has 2 amide bonds. The number of anilines is 2. The molecule has 2 aromatic rings. The number of imide groups is 1. The minimum absolute atomic E-state index is 0.0747. The van der Waals surface area contributed by atoms with Gasteiger partial charge in [-0.3, -0.25) is 9.59 Å². The summed E-state index contributed by atoms with van der Waals surface area (Å²) in [6.07, 6.45) is 0. The minimum atomic E-state index is -0.616. The van der Waals surface area contributed by atoms with E-state index in [1.165, 1.54) is 12.1 Å². The van der Waals surface area contributed by atoms with Crippen LogP contribution in [0.15, 0.2) is 47.1 Å². The van der Waals surface area contributed by atoms with E-state index in [-0.39, 0.29) is 15.8 Å². The summed E-state index contributed by atoms with van der Waals surface area (Å²) < 4.78 is 13.3. The SMILES string of the molecule is Cc1ccc(N2C(=O)C(Cl)=C(Nc3ccc(F)c(Cl)c3)C2=O)c(C)c1. The highest BCUT2D eigenvalue weighted by molar-refractivity contribution is 6.53. The molecule has 4 nitrogen and oxygen atoms in total. The predicted octanol–water partition coefficient (Wildman–Crippen LogP) is 4.53. The lowest BCUT2D eigenvalue weighted by Gasteiger charge is -2.18. The fourth-order valence-corrected chi connectivity index (χ4v) is 3.00. The molecule has 0 saturated heterocycles. The highest BCUT2D eigenvalue weighted by Crippen LogP contribution is 2.32. The summed E-state index contributed by atoms with van der Waals surface area (Å²) in [7, 11) is 0. The summed E-state index contributed by atoms with van der Waals surface area (Å²) in [5.41, 5.74) is 2.53. The summed E-state index contributed by atoms with van der Waals surface area (Å²) in [6.45, 7) is 3.73. The topological polar surface area (TPSA) is 49.4 Å². The predicted molar refractivity (Wildman–Crippen MR) is 96.3 cm³/mol. The lowest BCUT2D eigenvalue weighted by atomic mass is 10.1. The first-order valence-corrected chi connectivity index (χ1v) is 8.13. The van der Waals surface area contributed by atoms with Crippen molar-refractivity contribution in [3.63, 3.8) is 0 Å². The van der Waals surface area contributed by atoms with Crippen molar-refractivity contribution in [1.29, 1.82) is 0 Å². The third kappa shape index (κ3) is 3.13. The van der Waals surface area contributed by atoms with Crippen molar-refractivity contribution in [2.75, 3.05) is 10.2 Å². The van der Waals surface area contributed by atoms with E-state index >= 15 is 0 Å². The van der Waals surface area contributed by atoms with Crippen LogP contribution in [0.3, 0.4) is 0 Å². The Morgan fingerprint density at radius 2 is 1.72 bits per heavy atom. The van der Waals surface area contributed by atoms with Crippen LogP contribution in [0, 0.1) is 19.7 Å². The van der Waals surface area contributed by atoms with E-state index in [9.17, 15) is 14.0 Å². The second kappa shape index (κ2) is 6.50. The average molecular weight is 379 g/mol. The van der Waals surface area contributed by atoms with Gasteiger partial charge < -0.3 is 5.32 Å². The fourth-order valence-electron chi connectivity index (χ4n) is 2.60. The fraction of sp³-hybridized carbons (Fsp3) is 0.111. The van der Waals surface area contributed by atoms with Crippen LogP contribution >= 0.6 is 23.2 Å². The molecule has 0 atom stereocenters. The van der Waals surface area contributed by atoms with Crippen LogP contribution in [0.2, 0.25) is 5.02 Å². The molecular formula is C18H13Cl2FN2O2. The van der Waals surface area contributed by atoms with Gasteiger partial charge in [0.1, 0.15) is 16.5 Å². The van der Waals surface area contributed by atoms with Gasteiger partial charge in [0.05, 0.1) is 10.7 Å². The van der Waals surface area contributed by atoms with Gasteiger partial charge >= 0.3 is 0 Å². The van der Waals surface area contributed by atoms with Crippen LogP contribution < -0.4 is 10.2 Å². The van der Waals surface area contributed by atoms with Gasteiger partial charge in [-0.15, -0.1) is 0 Å². The Labute approximate surface area is 153 Å². The van der Waals surface area contributed by atoms with Gasteiger partial charge in [-0.1, -0.05) is 40.9 Å². The minimum Gasteiger partial charge on any atom is -0.350 e. The quantitative estimate of drug-likeness (QED) is 0.798. The second-order valence-electron chi connectivity index (χ2n) is 5.68. The number of hydrogen-bond acceptors (Lipinski definition) is 3. The number of nitrogens with one attached hydrogen (secondary N) is 1. The molecule has 0 aromatic heterocycles. The summed E-state index contributed by atoms with van der Waals surface area (Å²) in [5.74, 6) is -1.78. The Balaban J connectivity index is 1.95. The van der Waals surface area contributed by atoms with Gasteiger partial charge in [-0.25, -0.2) is 9.29 Å². The number of nitrogens with zero attached hydrogens (tertiary/aromatic N) is 1. The van der Waals surface area contributed by atoms with Gasteiger partial charge in [-0.2, -0.15) is 0 Å². The maximum absolute atomic E-state index is 13.3. The van der Waals surface area contributed by atoms with E-state index in [1.54, 1.807) is 6.07 Å². The molecule has 1 heterocycles. The van der Waals surface area contributed by atoms with Crippen LogP contribution in [0.25, 0.3) is 0 Å². The maximum Gasteiger partial charge on any atom is 0.283 e. The van der Waals surface area contributed by atoms with E-state index in [0.29, 0.717) is 11.4 Å². The van der Waals surface area contributed by atoms with Gasteiger partial charge in [0.15, 0.2) is 0 Å². The molecule has 1 aliphatic heterocycles. The van der Waals surface area contributed by atoms with Crippen molar-refractivity contribution in [2.45, 2.75) is 13.8 Å². The highest BCUT2D eigenvalue weighted by atomic mass is 35.5. The van der Waals surface area contributed by atoms with Crippen LogP contribution in [-0.2, 0) is 9.59 Å². The third-order valence-electron chi connectivity index (χ3n) is 3.81. The van der Waals surface area contributed by atoms with Gasteiger partial charge in [0.2, 0.25) is 0 Å². The lowest BCUT2D eigenvalue weighted by Crippen LogP contribution is -2.32. The Hall–Kier alpha value is -2.37. The number of halogens is 3. The van der Waals surface area contributed by atoms with Crippen LogP contribution in [0.5, 0.6) is 0 Å². The molecule has 0 aliphatic carbocycles. The van der Waals surface area contributed by atoms with Crippen molar-refractivity contribution < 1.29 is 14.0 Å². The van der Waals surface area contributed by atoms with E-state index < -0.39 is 17.6 Å². The largest absolute Gasteiger partial charge is 0.350 e. The Kier molecular flexibility index (Phi) is 4.54. The average Bonchev–Trinajstić information content (AvgIpc) is 2.75. The molecule has 2 aromatic carbocycles. The van der Waals surface area contributed by atoms with E-state index in [2.05, 4.69) is 5.32 Å². The van der Waals surface area contributed by atoms with Gasteiger partial charge in [0, 0.05) is 5.69 Å². The Bertz CT molecular complexity index is 941. The molecule has 0 spiro atoms. The summed E-state index contributed by atoms with van der Waals surface area (Å²) in [4.78, 5) is 26.2. The molecule has 0 unspecified atom stereocenters. The van der Waals surface area contributed by atoms with Gasteiger partial charge in [-0.05, 0) is 43.7 Å². The van der Waals surface area contributed by atoms with Crippen molar-refractivity contribution in [2.24, 2.45) is 0 Å². The van der Waals surface area contributed by atoms with E-state index in [1.807, 2.05) is 26.0 Å². The van der Waals surface area contributed by atoms with Crippen LogP contribution in [0.4, 0.5) is 15.8 Å². The first-order valence-electron chi connectivity index (χ1n) is 7.37. The van der Waals surface area contributed by atoms with E-state index in [4.69, 9.17) is 23.2 Å². The third-order valence-corrected chi connectivity index (χ3v) is 4.45. The van der Waals surface area contributed by atoms with Gasteiger partial charge in [0.25, 0.3) is 11.8 Å². The molecule has 128 valence electrons. The zero-order chi connectivity index (χ0) is 18.3. The van der Waals surface area contributed by atoms with Crippen molar-refractivity contribution in [1.82, 2.24) is 0 Å². The van der Waals surface area contributed by atoms with Crippen molar-refractivity contribution in [3.8, 4) is 0 Å². The molecule has 25 heavy (non-hydrogen) atoms. The molecule has 0 fully saturated rings. The molecule has 7 heteroatoms. The molecule has 3 rings (SSSR count). The number of carbonyl (C=O) groups is 2. The summed E-state index contributed by atoms with van der Waals surface area (Å²) in [5, 5.41) is 2.42. The zero-order valence-electron chi connectivity index (χ0n) is 13.4. The lowest BCUT2D eigenvalue weighted by molar-refractivity contribution is -0.120. The van der Waals surface area contributed by atoms with Crippen molar-refractivity contribution >= 4 is 46.4 Å². The monoisotopic (exact) mass is 378 g/mol. The first-order chi connectivity index (χ1) is 11.8. The molecular weight excluding hydrogens is 366 g/mol. The molecule has 1 N–H and O–H groups in total. The first kappa shape index (κ1) is 17.5. The Morgan fingerprint density at radius 1 is 1.00 bits per heavy atom. The number of carbonyl (C=O) groups excluding carboxylic acids is 2. The summed E-state index contributed by atoms with van der Waals surface area (Å²) >= 11 is 11.8. The van der Waals surface area contributed by atoms with E-state index in [0.717, 1.165) is 22.1 Å². The van der Waals surface area contributed by atoms with Crippen LogP contribution in [0.1, 0.15) is 11.1 Å². The number of aryl methyl sites for hydroxylation is 2. The number of rotatable bonds is 3. The number of hydrogen-bond donors (Lipinski definition) is 1. The second-order valence-corrected chi connectivity index (χ2v) is 6.46. The van der Waals surface area contributed by atoms with Crippen molar-refractivity contribution in [3.05, 3.63) is 69.1 Å². The Morgan fingerprint density at radius 3 is 2.36 bits per heavy atom.